The normalized spacial score (nSPS) is 16.9. The Bertz CT molecular complexity index is 812. The summed E-state index contributed by atoms with van der Waals surface area (Å²) in [6, 6.07) is 5.23. The SMILES string of the molecule is COc1cccc(/C=N/Nc2nc(N3CCCC3)nc(N3CCCC3)n2)c1O. The van der Waals surface area contributed by atoms with Crippen LogP contribution in [0.2, 0.25) is 0 Å². The highest BCUT2D eigenvalue weighted by Crippen LogP contribution is 2.28. The Balaban J connectivity index is 1.56. The number of nitrogens with zero attached hydrogens (tertiary/aromatic N) is 6. The molecule has 1 aromatic heterocycles. The molecule has 0 aliphatic carbocycles. The molecule has 4 rings (SSSR count). The highest BCUT2D eigenvalue weighted by molar-refractivity contribution is 5.85. The van der Waals surface area contributed by atoms with Gasteiger partial charge in [-0.3, -0.25) is 0 Å². The third-order valence-electron chi connectivity index (χ3n) is 5.01. The van der Waals surface area contributed by atoms with E-state index in [0.717, 1.165) is 51.9 Å². The molecule has 0 bridgehead atoms. The third-order valence-corrected chi connectivity index (χ3v) is 5.01. The molecule has 1 aromatic carbocycles. The van der Waals surface area contributed by atoms with E-state index in [4.69, 9.17) is 4.74 Å². The molecule has 9 heteroatoms. The van der Waals surface area contributed by atoms with Crippen molar-refractivity contribution in [3.63, 3.8) is 0 Å². The van der Waals surface area contributed by atoms with Gasteiger partial charge in [0.2, 0.25) is 17.8 Å². The first-order chi connectivity index (χ1) is 13.7. The van der Waals surface area contributed by atoms with Crippen LogP contribution in [-0.2, 0) is 0 Å². The minimum absolute atomic E-state index is 0.0432. The molecule has 0 radical (unpaired) electrons. The predicted octanol–water partition coefficient (Wildman–Crippen LogP) is 2.23. The first-order valence-corrected chi connectivity index (χ1v) is 9.65. The lowest BCUT2D eigenvalue weighted by atomic mass is 10.2. The Hall–Kier alpha value is -3.10. The number of hydrogen-bond donors (Lipinski definition) is 2. The Morgan fingerprint density at radius 3 is 2.18 bits per heavy atom. The van der Waals surface area contributed by atoms with Gasteiger partial charge in [-0.2, -0.15) is 20.1 Å². The van der Waals surface area contributed by atoms with E-state index in [1.165, 1.54) is 13.3 Å². The van der Waals surface area contributed by atoms with Gasteiger partial charge in [0.1, 0.15) is 0 Å². The lowest BCUT2D eigenvalue weighted by Crippen LogP contribution is -2.25. The molecule has 3 heterocycles. The molecule has 2 N–H and O–H groups in total. The second-order valence-corrected chi connectivity index (χ2v) is 6.92. The molecule has 2 fully saturated rings. The van der Waals surface area contributed by atoms with Crippen LogP contribution in [0.15, 0.2) is 23.3 Å². The van der Waals surface area contributed by atoms with Crippen molar-refractivity contribution in [3.05, 3.63) is 23.8 Å². The van der Waals surface area contributed by atoms with Crippen LogP contribution >= 0.6 is 0 Å². The maximum atomic E-state index is 10.2. The van der Waals surface area contributed by atoms with Crippen LogP contribution in [0.1, 0.15) is 31.2 Å². The molecule has 0 saturated carbocycles. The number of rotatable bonds is 6. The third kappa shape index (κ3) is 3.92. The van der Waals surface area contributed by atoms with Crippen LogP contribution in [0, 0.1) is 0 Å². The zero-order chi connectivity index (χ0) is 19.3. The van der Waals surface area contributed by atoms with Crippen molar-refractivity contribution in [2.75, 3.05) is 48.5 Å². The van der Waals surface area contributed by atoms with E-state index in [1.54, 1.807) is 18.2 Å². The van der Waals surface area contributed by atoms with Crippen molar-refractivity contribution in [2.45, 2.75) is 25.7 Å². The van der Waals surface area contributed by atoms with Crippen molar-refractivity contribution in [2.24, 2.45) is 5.10 Å². The number of anilines is 3. The maximum absolute atomic E-state index is 10.2. The molecule has 0 atom stereocenters. The van der Waals surface area contributed by atoms with Crippen molar-refractivity contribution >= 4 is 24.1 Å². The Kier molecular flexibility index (Phi) is 5.41. The van der Waals surface area contributed by atoms with Crippen molar-refractivity contribution < 1.29 is 9.84 Å². The molecule has 0 amide bonds. The molecule has 28 heavy (non-hydrogen) atoms. The van der Waals surface area contributed by atoms with E-state index in [9.17, 15) is 5.11 Å². The summed E-state index contributed by atoms with van der Waals surface area (Å²) in [4.78, 5) is 18.1. The highest BCUT2D eigenvalue weighted by Gasteiger charge is 2.21. The van der Waals surface area contributed by atoms with E-state index in [-0.39, 0.29) is 5.75 Å². The van der Waals surface area contributed by atoms with Gasteiger partial charge in [-0.25, -0.2) is 5.43 Å². The second-order valence-electron chi connectivity index (χ2n) is 6.92. The number of para-hydroxylation sites is 1. The largest absolute Gasteiger partial charge is 0.504 e. The first-order valence-electron chi connectivity index (χ1n) is 9.65. The summed E-state index contributed by atoms with van der Waals surface area (Å²) in [7, 11) is 1.51. The van der Waals surface area contributed by atoms with Gasteiger partial charge in [-0.1, -0.05) is 6.07 Å². The summed E-state index contributed by atoms with van der Waals surface area (Å²) in [5.74, 6) is 2.23. The molecule has 2 aliphatic heterocycles. The zero-order valence-electron chi connectivity index (χ0n) is 16.0. The summed E-state index contributed by atoms with van der Waals surface area (Å²) in [6.45, 7) is 3.85. The van der Waals surface area contributed by atoms with Gasteiger partial charge in [0.25, 0.3) is 0 Å². The molecule has 0 unspecified atom stereocenters. The average molecular weight is 383 g/mol. The monoisotopic (exact) mass is 383 g/mol. The van der Waals surface area contributed by atoms with Crippen LogP contribution < -0.4 is 20.0 Å². The molecule has 2 saturated heterocycles. The maximum Gasteiger partial charge on any atom is 0.250 e. The zero-order valence-corrected chi connectivity index (χ0v) is 16.0. The molecule has 0 spiro atoms. The second kappa shape index (κ2) is 8.28. The van der Waals surface area contributed by atoms with Gasteiger partial charge < -0.3 is 19.6 Å². The fourth-order valence-corrected chi connectivity index (χ4v) is 3.49. The predicted molar refractivity (Wildman–Crippen MR) is 109 cm³/mol. The minimum atomic E-state index is 0.0432. The summed E-state index contributed by atoms with van der Waals surface area (Å²) >= 11 is 0. The van der Waals surface area contributed by atoms with Crippen molar-refractivity contribution in [1.29, 1.82) is 0 Å². The summed E-state index contributed by atoms with van der Waals surface area (Å²) in [5, 5.41) is 14.4. The number of hydrazone groups is 1. The standard InChI is InChI=1S/C19H25N7O2/c1-28-15-8-6-7-14(16(15)27)13-20-24-17-21-18(25-9-2-3-10-25)23-19(22-17)26-11-4-5-12-26/h6-8,13,27H,2-5,9-12H2,1H3,(H,21,22,23,24)/b20-13+. The topological polar surface area (TPSA) is 99.0 Å². The summed E-state index contributed by atoms with van der Waals surface area (Å²) in [5.41, 5.74) is 3.43. The molecule has 2 aromatic rings. The number of aromatic hydroxyl groups is 1. The number of ether oxygens (including phenoxy) is 1. The summed E-state index contributed by atoms with van der Waals surface area (Å²) < 4.78 is 5.12. The quantitative estimate of drug-likeness (QED) is 0.579. The van der Waals surface area contributed by atoms with Gasteiger partial charge in [-0.05, 0) is 37.8 Å². The van der Waals surface area contributed by atoms with Gasteiger partial charge in [0, 0.05) is 31.7 Å². The molecule has 9 nitrogen and oxygen atoms in total. The average Bonchev–Trinajstić information content (AvgIpc) is 3.43. The van der Waals surface area contributed by atoms with E-state index < -0.39 is 0 Å². The highest BCUT2D eigenvalue weighted by atomic mass is 16.5. The first kappa shape index (κ1) is 18.3. The number of phenolic OH excluding ortho intramolecular Hbond substituents is 1. The Labute approximate surface area is 164 Å². The number of nitrogens with one attached hydrogen (secondary N) is 1. The van der Waals surface area contributed by atoms with E-state index in [1.807, 2.05) is 0 Å². The molecule has 2 aliphatic rings. The number of hydrogen-bond acceptors (Lipinski definition) is 9. The smallest absolute Gasteiger partial charge is 0.250 e. The minimum Gasteiger partial charge on any atom is -0.504 e. The van der Waals surface area contributed by atoms with Crippen LogP contribution in [0.4, 0.5) is 17.8 Å². The van der Waals surface area contributed by atoms with Gasteiger partial charge in [0.05, 0.1) is 13.3 Å². The van der Waals surface area contributed by atoms with E-state index in [0.29, 0.717) is 29.2 Å². The van der Waals surface area contributed by atoms with Gasteiger partial charge >= 0.3 is 0 Å². The van der Waals surface area contributed by atoms with Crippen LogP contribution in [0.3, 0.4) is 0 Å². The number of phenols is 1. The van der Waals surface area contributed by atoms with Crippen LogP contribution in [-0.4, -0.2) is 59.6 Å². The number of benzene rings is 1. The number of methoxy groups -OCH3 is 1. The Morgan fingerprint density at radius 2 is 1.61 bits per heavy atom. The molecular formula is C19H25N7O2. The lowest BCUT2D eigenvalue weighted by molar-refractivity contribution is 0.373. The molecule has 148 valence electrons. The van der Waals surface area contributed by atoms with Crippen LogP contribution in [0.25, 0.3) is 0 Å². The molecular weight excluding hydrogens is 358 g/mol. The lowest BCUT2D eigenvalue weighted by Gasteiger charge is -2.20. The van der Waals surface area contributed by atoms with Gasteiger partial charge in [-0.15, -0.1) is 0 Å². The van der Waals surface area contributed by atoms with E-state index in [2.05, 4.69) is 35.3 Å². The van der Waals surface area contributed by atoms with Crippen molar-refractivity contribution in [1.82, 2.24) is 15.0 Å². The Morgan fingerprint density at radius 1 is 1.00 bits per heavy atom. The van der Waals surface area contributed by atoms with Gasteiger partial charge in [0.15, 0.2) is 11.5 Å². The summed E-state index contributed by atoms with van der Waals surface area (Å²) in [6.07, 6.45) is 6.13. The number of aromatic nitrogens is 3. The van der Waals surface area contributed by atoms with Crippen molar-refractivity contribution in [3.8, 4) is 11.5 Å². The fraction of sp³-hybridized carbons (Fsp3) is 0.474. The van der Waals surface area contributed by atoms with E-state index >= 15 is 0 Å². The fourth-order valence-electron chi connectivity index (χ4n) is 3.49. The van der Waals surface area contributed by atoms with Crippen LogP contribution in [0.5, 0.6) is 11.5 Å².